The fourth-order valence-electron chi connectivity index (χ4n) is 5.26. The molecule has 1 heterocycles. The normalized spacial score (nSPS) is 34.1. The molecule has 0 aromatic heterocycles. The minimum Gasteiger partial charge on any atom is -0.310 e. The van der Waals surface area contributed by atoms with E-state index < -0.39 is 0 Å². The van der Waals surface area contributed by atoms with Gasteiger partial charge in [-0.05, 0) is 57.5 Å². The molecule has 0 aromatic carbocycles. The summed E-state index contributed by atoms with van der Waals surface area (Å²) in [6, 6.07) is 1.50. The number of nitrogens with one attached hydrogen (secondary N) is 1. The minimum atomic E-state index is 0.678. The van der Waals surface area contributed by atoms with E-state index in [1.807, 2.05) is 0 Å². The van der Waals surface area contributed by atoms with Crippen LogP contribution in [-0.4, -0.2) is 36.6 Å². The van der Waals surface area contributed by atoms with Gasteiger partial charge in [0.2, 0.25) is 0 Å². The third kappa shape index (κ3) is 4.45. The van der Waals surface area contributed by atoms with Crippen LogP contribution in [0.2, 0.25) is 0 Å². The van der Waals surface area contributed by atoms with E-state index >= 15 is 0 Å². The third-order valence-corrected chi connectivity index (χ3v) is 6.30. The van der Waals surface area contributed by atoms with Crippen LogP contribution in [0, 0.1) is 11.8 Å². The van der Waals surface area contributed by atoms with E-state index in [0.717, 1.165) is 17.9 Å². The maximum atomic E-state index is 4.05. The van der Waals surface area contributed by atoms with Gasteiger partial charge in [-0.1, -0.05) is 44.9 Å². The summed E-state index contributed by atoms with van der Waals surface area (Å²) in [4.78, 5) is 2.66. The smallest absolute Gasteiger partial charge is 0.0169 e. The number of nitrogens with zero attached hydrogens (tertiary/aromatic N) is 1. The predicted molar refractivity (Wildman–Crippen MR) is 90.6 cm³/mol. The van der Waals surface area contributed by atoms with Crippen LogP contribution in [0.3, 0.4) is 0 Å². The van der Waals surface area contributed by atoms with Gasteiger partial charge in [0.1, 0.15) is 0 Å². The molecule has 2 aliphatic carbocycles. The molecule has 3 fully saturated rings. The highest BCUT2D eigenvalue weighted by molar-refractivity contribution is 4.88. The minimum absolute atomic E-state index is 0.678. The molecule has 1 saturated heterocycles. The first-order chi connectivity index (χ1) is 10.3. The lowest BCUT2D eigenvalue weighted by Crippen LogP contribution is -2.49. The maximum Gasteiger partial charge on any atom is 0.0169 e. The van der Waals surface area contributed by atoms with Crippen LogP contribution >= 0.6 is 0 Å². The molecule has 3 aliphatic rings. The highest BCUT2D eigenvalue weighted by atomic mass is 15.2. The maximum absolute atomic E-state index is 4.05. The predicted octanol–water partition coefficient (Wildman–Crippen LogP) is 4.20. The highest BCUT2D eigenvalue weighted by Crippen LogP contribution is 2.38. The number of hydrogen-bond donors (Lipinski definition) is 1. The Kier molecular flexibility index (Phi) is 5.99. The molecule has 1 aliphatic heterocycles. The number of rotatable bonds is 5. The molecule has 2 saturated carbocycles. The molecule has 3 unspecified atom stereocenters. The summed E-state index contributed by atoms with van der Waals surface area (Å²) in [6.07, 6.45) is 16.2. The molecular formula is C19H36N2. The average Bonchev–Trinajstić information content (AvgIpc) is 3.01. The molecule has 2 nitrogen and oxygen atoms in total. The molecule has 0 bridgehead atoms. The van der Waals surface area contributed by atoms with Crippen LogP contribution in [-0.2, 0) is 0 Å². The summed E-state index contributed by atoms with van der Waals surface area (Å²) in [7, 11) is 0. The Bertz CT molecular complexity index is 292. The van der Waals surface area contributed by atoms with Crippen molar-refractivity contribution in [3.63, 3.8) is 0 Å². The summed E-state index contributed by atoms with van der Waals surface area (Å²) in [5.74, 6) is 2.02. The fourth-order valence-corrected chi connectivity index (χ4v) is 5.26. The number of likely N-dealkylation sites (tertiary alicyclic amines) is 1. The van der Waals surface area contributed by atoms with E-state index in [1.54, 1.807) is 0 Å². The van der Waals surface area contributed by atoms with Crippen LogP contribution in [0.1, 0.15) is 77.6 Å². The van der Waals surface area contributed by atoms with Crippen molar-refractivity contribution in [2.24, 2.45) is 11.8 Å². The molecule has 0 amide bonds. The molecule has 21 heavy (non-hydrogen) atoms. The van der Waals surface area contributed by atoms with E-state index in [2.05, 4.69) is 17.1 Å². The Labute approximate surface area is 132 Å². The Morgan fingerprint density at radius 2 is 1.52 bits per heavy atom. The van der Waals surface area contributed by atoms with Crippen molar-refractivity contribution in [2.75, 3.05) is 19.6 Å². The van der Waals surface area contributed by atoms with Gasteiger partial charge in [0.25, 0.3) is 0 Å². The quantitative estimate of drug-likeness (QED) is 0.817. The summed E-state index contributed by atoms with van der Waals surface area (Å²) < 4.78 is 0. The van der Waals surface area contributed by atoms with E-state index in [4.69, 9.17) is 0 Å². The molecule has 1 N–H and O–H groups in total. The van der Waals surface area contributed by atoms with Crippen LogP contribution < -0.4 is 5.32 Å². The molecular weight excluding hydrogens is 256 g/mol. The van der Waals surface area contributed by atoms with Crippen molar-refractivity contribution in [1.29, 1.82) is 0 Å². The van der Waals surface area contributed by atoms with Crippen molar-refractivity contribution in [3.8, 4) is 0 Å². The lowest BCUT2D eigenvalue weighted by atomic mass is 9.71. The van der Waals surface area contributed by atoms with Crippen LogP contribution in [0.5, 0.6) is 0 Å². The topological polar surface area (TPSA) is 15.3 Å². The summed E-state index contributed by atoms with van der Waals surface area (Å²) in [6.45, 7) is 6.37. The largest absolute Gasteiger partial charge is 0.310 e. The number of hydrogen-bond acceptors (Lipinski definition) is 2. The van der Waals surface area contributed by atoms with Gasteiger partial charge < -0.3 is 10.2 Å². The lowest BCUT2D eigenvalue weighted by Gasteiger charge is -2.41. The van der Waals surface area contributed by atoms with Crippen molar-refractivity contribution < 1.29 is 0 Å². The van der Waals surface area contributed by atoms with E-state index in [9.17, 15) is 0 Å². The van der Waals surface area contributed by atoms with Crippen molar-refractivity contribution in [2.45, 2.75) is 89.6 Å². The Balaban J connectivity index is 1.50. The van der Waals surface area contributed by atoms with Crippen LogP contribution in [0.15, 0.2) is 0 Å². The first kappa shape index (κ1) is 15.8. The second-order valence-corrected chi connectivity index (χ2v) is 8.03. The van der Waals surface area contributed by atoms with Gasteiger partial charge in [0.15, 0.2) is 0 Å². The van der Waals surface area contributed by atoms with Gasteiger partial charge in [-0.3, -0.25) is 0 Å². The molecule has 3 atom stereocenters. The Morgan fingerprint density at radius 1 is 0.857 bits per heavy atom. The van der Waals surface area contributed by atoms with E-state index in [0.29, 0.717) is 6.04 Å². The van der Waals surface area contributed by atoms with Crippen molar-refractivity contribution in [3.05, 3.63) is 0 Å². The SMILES string of the molecule is CC(CN1CCCC1)NC1CCCCC1C1CCCCC1. The summed E-state index contributed by atoms with van der Waals surface area (Å²) >= 11 is 0. The second kappa shape index (κ2) is 7.97. The standard InChI is InChI=1S/C19H36N2/c1-16(15-21-13-7-8-14-21)20-19-12-6-5-11-18(19)17-9-3-2-4-10-17/h16-20H,2-15H2,1H3. The summed E-state index contributed by atoms with van der Waals surface area (Å²) in [5.41, 5.74) is 0. The third-order valence-electron chi connectivity index (χ3n) is 6.30. The molecule has 122 valence electrons. The average molecular weight is 293 g/mol. The Morgan fingerprint density at radius 3 is 2.29 bits per heavy atom. The molecule has 2 heteroatoms. The zero-order valence-electron chi connectivity index (χ0n) is 14.2. The van der Waals surface area contributed by atoms with Gasteiger partial charge in [0, 0.05) is 18.6 Å². The van der Waals surface area contributed by atoms with E-state index in [1.165, 1.54) is 90.3 Å². The first-order valence-corrected chi connectivity index (χ1v) is 9.81. The summed E-state index contributed by atoms with van der Waals surface area (Å²) in [5, 5.41) is 4.05. The lowest BCUT2D eigenvalue weighted by molar-refractivity contribution is 0.137. The monoisotopic (exact) mass is 292 g/mol. The van der Waals surface area contributed by atoms with Gasteiger partial charge in [0.05, 0.1) is 0 Å². The zero-order chi connectivity index (χ0) is 14.5. The van der Waals surface area contributed by atoms with Gasteiger partial charge in [-0.15, -0.1) is 0 Å². The molecule has 3 rings (SSSR count). The van der Waals surface area contributed by atoms with Gasteiger partial charge in [-0.2, -0.15) is 0 Å². The molecule has 0 aromatic rings. The van der Waals surface area contributed by atoms with E-state index in [-0.39, 0.29) is 0 Å². The van der Waals surface area contributed by atoms with Gasteiger partial charge in [-0.25, -0.2) is 0 Å². The zero-order valence-corrected chi connectivity index (χ0v) is 14.2. The Hall–Kier alpha value is -0.0800. The van der Waals surface area contributed by atoms with Crippen molar-refractivity contribution >= 4 is 0 Å². The highest BCUT2D eigenvalue weighted by Gasteiger charge is 2.33. The van der Waals surface area contributed by atoms with Crippen molar-refractivity contribution in [1.82, 2.24) is 10.2 Å². The fraction of sp³-hybridized carbons (Fsp3) is 1.00. The second-order valence-electron chi connectivity index (χ2n) is 8.03. The molecule has 0 spiro atoms. The first-order valence-electron chi connectivity index (χ1n) is 9.81. The van der Waals surface area contributed by atoms with Crippen LogP contribution in [0.4, 0.5) is 0 Å². The molecule has 0 radical (unpaired) electrons. The van der Waals surface area contributed by atoms with Crippen LogP contribution in [0.25, 0.3) is 0 Å². The van der Waals surface area contributed by atoms with Gasteiger partial charge >= 0.3 is 0 Å².